The van der Waals surface area contributed by atoms with E-state index >= 15 is 0 Å². The number of halogens is 1. The molecule has 200 valence electrons. The number of benzene rings is 1. The minimum atomic E-state index is -0.478. The molecule has 2 aliphatic heterocycles. The number of ether oxygens (including phenoxy) is 1. The van der Waals surface area contributed by atoms with Crippen LogP contribution in [0.5, 0.6) is 0 Å². The predicted octanol–water partition coefficient (Wildman–Crippen LogP) is 3.24. The van der Waals surface area contributed by atoms with Crippen LogP contribution in [0.1, 0.15) is 50.6 Å². The van der Waals surface area contributed by atoms with E-state index in [1.54, 1.807) is 17.9 Å². The van der Waals surface area contributed by atoms with Gasteiger partial charge in [-0.15, -0.1) is 10.2 Å². The van der Waals surface area contributed by atoms with Gasteiger partial charge in [0.15, 0.2) is 5.82 Å². The van der Waals surface area contributed by atoms with Crippen molar-refractivity contribution >= 4 is 29.7 Å². The van der Waals surface area contributed by atoms with Gasteiger partial charge in [0.1, 0.15) is 5.60 Å². The molecule has 4 rings (SSSR count). The fourth-order valence-corrected chi connectivity index (χ4v) is 4.93. The molecule has 2 amide bonds. The number of carbonyl (C=O) groups excluding carboxylic acids is 2. The fraction of sp³-hybridized carbons (Fsp3) is 0.577. The van der Waals surface area contributed by atoms with Crippen LogP contribution in [0.4, 0.5) is 4.79 Å². The third-order valence-corrected chi connectivity index (χ3v) is 6.87. The number of hydrogen-bond acceptors (Lipinski definition) is 7. The average Bonchev–Trinajstić information content (AvgIpc) is 3.27. The number of piperazine rings is 1. The molecule has 0 aliphatic carbocycles. The highest BCUT2D eigenvalue weighted by atomic mass is 35.5. The summed E-state index contributed by atoms with van der Waals surface area (Å²) in [7, 11) is 0. The standard InChI is InChI=1S/C26H36ClN7O3/c1-19-28-30-34(29-19)18-21-17-22(27)7-5-20(21)6-8-24(35)32-15-13-31(14-16-32)23-9-11-33(12-10-23)25(36)37-26(2,3)4/h5-8,17,23H,9-16,18H2,1-4H3/b8-6+. The van der Waals surface area contributed by atoms with Gasteiger partial charge >= 0.3 is 6.09 Å². The number of aromatic nitrogens is 4. The van der Waals surface area contributed by atoms with Crippen LogP contribution in [-0.2, 0) is 16.1 Å². The van der Waals surface area contributed by atoms with Crippen LogP contribution in [0, 0.1) is 6.92 Å². The van der Waals surface area contributed by atoms with Crippen molar-refractivity contribution in [3.8, 4) is 0 Å². The maximum absolute atomic E-state index is 12.9. The minimum absolute atomic E-state index is 0.00461. The Kier molecular flexibility index (Phi) is 8.49. The third kappa shape index (κ3) is 7.52. The number of aryl methyl sites for hydroxylation is 1. The minimum Gasteiger partial charge on any atom is -0.444 e. The van der Waals surface area contributed by atoms with Crippen LogP contribution in [0.15, 0.2) is 24.3 Å². The van der Waals surface area contributed by atoms with E-state index in [0.717, 1.165) is 37.1 Å². The molecule has 0 spiro atoms. The molecule has 0 bridgehead atoms. The summed E-state index contributed by atoms with van der Waals surface area (Å²) < 4.78 is 5.50. The van der Waals surface area contributed by atoms with E-state index in [-0.39, 0.29) is 12.0 Å². The van der Waals surface area contributed by atoms with Crippen molar-refractivity contribution in [1.29, 1.82) is 0 Å². The average molecular weight is 530 g/mol. The highest BCUT2D eigenvalue weighted by Gasteiger charge is 2.31. The second-order valence-corrected chi connectivity index (χ2v) is 11.0. The summed E-state index contributed by atoms with van der Waals surface area (Å²) in [6, 6.07) is 5.99. The Morgan fingerprint density at radius 3 is 2.41 bits per heavy atom. The number of nitrogens with zero attached hydrogens (tertiary/aromatic N) is 7. The first-order chi connectivity index (χ1) is 17.6. The molecule has 2 fully saturated rings. The zero-order valence-electron chi connectivity index (χ0n) is 22.1. The highest BCUT2D eigenvalue weighted by Crippen LogP contribution is 2.21. The van der Waals surface area contributed by atoms with Gasteiger partial charge in [-0.05, 0) is 75.1 Å². The van der Waals surface area contributed by atoms with Gasteiger partial charge in [0.05, 0.1) is 6.54 Å². The van der Waals surface area contributed by atoms with Gasteiger partial charge in [-0.1, -0.05) is 17.7 Å². The molecule has 2 aliphatic rings. The van der Waals surface area contributed by atoms with Crippen molar-refractivity contribution in [2.45, 2.75) is 58.7 Å². The number of piperidine rings is 1. The lowest BCUT2D eigenvalue weighted by molar-refractivity contribution is -0.128. The van der Waals surface area contributed by atoms with E-state index in [9.17, 15) is 9.59 Å². The lowest BCUT2D eigenvalue weighted by atomic mass is 10.0. The summed E-state index contributed by atoms with van der Waals surface area (Å²) in [5.74, 6) is 0.594. The summed E-state index contributed by atoms with van der Waals surface area (Å²) in [5, 5.41) is 12.8. The van der Waals surface area contributed by atoms with Crippen molar-refractivity contribution in [1.82, 2.24) is 34.9 Å². The molecular weight excluding hydrogens is 494 g/mol. The van der Waals surface area contributed by atoms with Gasteiger partial charge in [0.2, 0.25) is 5.91 Å². The number of hydrogen-bond donors (Lipinski definition) is 0. The van der Waals surface area contributed by atoms with Crippen LogP contribution in [0.2, 0.25) is 5.02 Å². The fourth-order valence-electron chi connectivity index (χ4n) is 4.73. The molecular formula is C26H36ClN7O3. The summed E-state index contributed by atoms with van der Waals surface area (Å²) in [5.41, 5.74) is 1.33. The zero-order chi connectivity index (χ0) is 26.6. The smallest absolute Gasteiger partial charge is 0.410 e. The lowest BCUT2D eigenvalue weighted by Gasteiger charge is -2.42. The second kappa shape index (κ2) is 11.6. The number of carbonyl (C=O) groups is 2. The first-order valence-corrected chi connectivity index (χ1v) is 13.2. The largest absolute Gasteiger partial charge is 0.444 e. The van der Waals surface area contributed by atoms with Crippen LogP contribution < -0.4 is 0 Å². The van der Waals surface area contributed by atoms with Crippen LogP contribution >= 0.6 is 11.6 Å². The molecule has 2 saturated heterocycles. The Labute approximate surface area is 223 Å². The molecule has 10 nitrogen and oxygen atoms in total. The highest BCUT2D eigenvalue weighted by molar-refractivity contribution is 6.30. The zero-order valence-corrected chi connectivity index (χ0v) is 22.8. The van der Waals surface area contributed by atoms with Crippen molar-refractivity contribution in [3.05, 3.63) is 46.2 Å². The van der Waals surface area contributed by atoms with E-state index in [0.29, 0.717) is 49.6 Å². The number of tetrazole rings is 1. The topological polar surface area (TPSA) is 96.7 Å². The van der Waals surface area contributed by atoms with Gasteiger partial charge in [-0.3, -0.25) is 9.69 Å². The van der Waals surface area contributed by atoms with Crippen molar-refractivity contribution in [3.63, 3.8) is 0 Å². The first kappa shape index (κ1) is 27.1. The predicted molar refractivity (Wildman–Crippen MR) is 141 cm³/mol. The number of likely N-dealkylation sites (tertiary alicyclic amines) is 1. The SMILES string of the molecule is Cc1nnn(Cc2cc(Cl)ccc2/C=C/C(=O)N2CCN(C3CCN(C(=O)OC(C)(C)C)CC3)CC2)n1. The Morgan fingerprint density at radius 1 is 1.08 bits per heavy atom. The van der Waals surface area contributed by atoms with E-state index in [4.69, 9.17) is 16.3 Å². The molecule has 1 aromatic carbocycles. The number of amides is 2. The van der Waals surface area contributed by atoms with Gasteiger partial charge in [-0.2, -0.15) is 4.80 Å². The molecule has 0 atom stereocenters. The van der Waals surface area contributed by atoms with Gasteiger partial charge in [-0.25, -0.2) is 4.79 Å². The molecule has 0 unspecified atom stereocenters. The first-order valence-electron chi connectivity index (χ1n) is 12.8. The summed E-state index contributed by atoms with van der Waals surface area (Å²) >= 11 is 6.20. The molecule has 0 saturated carbocycles. The van der Waals surface area contributed by atoms with Crippen molar-refractivity contribution < 1.29 is 14.3 Å². The van der Waals surface area contributed by atoms with Crippen LogP contribution in [-0.4, -0.2) is 97.8 Å². The van der Waals surface area contributed by atoms with E-state index < -0.39 is 5.60 Å². The molecule has 3 heterocycles. The Balaban J connectivity index is 1.27. The Morgan fingerprint density at radius 2 is 1.78 bits per heavy atom. The van der Waals surface area contributed by atoms with Gasteiger partial charge in [0, 0.05) is 56.4 Å². The maximum Gasteiger partial charge on any atom is 0.410 e. The normalized spacial score (nSPS) is 18.0. The van der Waals surface area contributed by atoms with E-state index in [1.165, 1.54) is 4.80 Å². The maximum atomic E-state index is 12.9. The molecule has 0 N–H and O–H groups in total. The summed E-state index contributed by atoms with van der Waals surface area (Å²) in [4.78, 5) is 32.9. The lowest BCUT2D eigenvalue weighted by Crippen LogP contribution is -2.54. The molecule has 37 heavy (non-hydrogen) atoms. The second-order valence-electron chi connectivity index (χ2n) is 10.6. The Hall–Kier alpha value is -2.98. The third-order valence-electron chi connectivity index (χ3n) is 6.63. The summed E-state index contributed by atoms with van der Waals surface area (Å²) in [6.07, 6.45) is 5.07. The van der Waals surface area contributed by atoms with Crippen molar-refractivity contribution in [2.75, 3.05) is 39.3 Å². The van der Waals surface area contributed by atoms with E-state index in [1.807, 2.05) is 49.9 Å². The monoisotopic (exact) mass is 529 g/mol. The van der Waals surface area contributed by atoms with Gasteiger partial charge < -0.3 is 14.5 Å². The molecule has 0 radical (unpaired) electrons. The van der Waals surface area contributed by atoms with Gasteiger partial charge in [0.25, 0.3) is 0 Å². The van der Waals surface area contributed by atoms with Crippen molar-refractivity contribution in [2.24, 2.45) is 0 Å². The molecule has 11 heteroatoms. The molecule has 2 aromatic rings. The number of rotatable bonds is 5. The van der Waals surface area contributed by atoms with E-state index in [2.05, 4.69) is 20.3 Å². The summed E-state index contributed by atoms with van der Waals surface area (Å²) in [6.45, 7) is 12.3. The van der Waals surface area contributed by atoms with Crippen LogP contribution in [0.3, 0.4) is 0 Å². The Bertz CT molecular complexity index is 1130. The quantitative estimate of drug-likeness (QED) is 0.548. The molecule has 1 aromatic heterocycles. The van der Waals surface area contributed by atoms with Crippen LogP contribution in [0.25, 0.3) is 6.08 Å².